The molecule has 0 fully saturated rings. The molecule has 2 N–H and O–H groups in total. The fourth-order valence-electron chi connectivity index (χ4n) is 2.26. The number of aliphatic carboxylic acids is 1. The number of fused-ring (bicyclic) bond motifs is 1. The number of amides is 1. The van der Waals surface area contributed by atoms with Gasteiger partial charge in [0.1, 0.15) is 11.6 Å². The molecular formula is C18H15FN2O4S. The molecule has 134 valence electrons. The molecule has 1 heterocycles. The lowest BCUT2D eigenvalue weighted by molar-refractivity contribution is -0.137. The highest BCUT2D eigenvalue weighted by molar-refractivity contribution is 7.22. The van der Waals surface area contributed by atoms with Crippen molar-refractivity contribution in [1.29, 1.82) is 0 Å². The van der Waals surface area contributed by atoms with Crippen LogP contribution in [0.4, 0.5) is 9.52 Å². The molecule has 0 atom stereocenters. The molecule has 0 aliphatic carbocycles. The number of ether oxygens (including phenoxy) is 1. The molecule has 0 unspecified atom stereocenters. The summed E-state index contributed by atoms with van der Waals surface area (Å²) in [7, 11) is 0. The number of anilines is 1. The number of aryl methyl sites for hydroxylation is 1. The van der Waals surface area contributed by atoms with Gasteiger partial charge in [0.15, 0.2) is 11.7 Å². The number of aromatic nitrogens is 1. The Morgan fingerprint density at radius 1 is 1.19 bits per heavy atom. The summed E-state index contributed by atoms with van der Waals surface area (Å²) >= 11 is 1.18. The standard InChI is InChI=1S/C18H15FN2O4S/c19-12-4-7-14-15(9-12)26-18(20-14)21-16(22)10-25-13-5-1-11(2-6-13)3-8-17(23)24/h1-2,4-7,9H,3,8,10H2,(H,23,24)(H,20,21,22). The maximum atomic E-state index is 13.2. The normalized spacial score (nSPS) is 10.7. The number of halogens is 1. The van der Waals surface area contributed by atoms with Gasteiger partial charge in [0.25, 0.3) is 5.91 Å². The number of benzene rings is 2. The number of nitrogens with zero attached hydrogens (tertiary/aromatic N) is 1. The smallest absolute Gasteiger partial charge is 0.303 e. The van der Waals surface area contributed by atoms with Gasteiger partial charge in [-0.15, -0.1) is 0 Å². The fraction of sp³-hybridized carbons (Fsp3) is 0.167. The molecule has 0 aliphatic heterocycles. The van der Waals surface area contributed by atoms with Gasteiger partial charge in [-0.05, 0) is 42.3 Å². The highest BCUT2D eigenvalue weighted by Gasteiger charge is 2.09. The lowest BCUT2D eigenvalue weighted by Gasteiger charge is -2.06. The van der Waals surface area contributed by atoms with Gasteiger partial charge in [-0.25, -0.2) is 9.37 Å². The fourth-order valence-corrected chi connectivity index (χ4v) is 3.17. The Kier molecular flexibility index (Phi) is 5.43. The lowest BCUT2D eigenvalue weighted by Crippen LogP contribution is -2.20. The van der Waals surface area contributed by atoms with E-state index in [1.165, 1.54) is 23.5 Å². The molecule has 26 heavy (non-hydrogen) atoms. The summed E-state index contributed by atoms with van der Waals surface area (Å²) in [4.78, 5) is 26.7. The van der Waals surface area contributed by atoms with Crippen LogP contribution in [0.5, 0.6) is 5.75 Å². The number of thiazole rings is 1. The van der Waals surface area contributed by atoms with Crippen LogP contribution < -0.4 is 10.1 Å². The average molecular weight is 374 g/mol. The Labute approximate surface area is 152 Å². The van der Waals surface area contributed by atoms with Crippen molar-refractivity contribution in [2.24, 2.45) is 0 Å². The first kappa shape index (κ1) is 17.8. The third kappa shape index (κ3) is 4.76. The number of carboxylic acids is 1. The SMILES string of the molecule is O=C(O)CCc1ccc(OCC(=O)Nc2nc3ccc(F)cc3s2)cc1. The summed E-state index contributed by atoms with van der Waals surface area (Å²) in [6, 6.07) is 11.1. The minimum atomic E-state index is -0.848. The van der Waals surface area contributed by atoms with Gasteiger partial charge < -0.3 is 9.84 Å². The monoisotopic (exact) mass is 374 g/mol. The minimum absolute atomic E-state index is 0.0642. The molecule has 6 nitrogen and oxygen atoms in total. The molecule has 8 heteroatoms. The predicted molar refractivity (Wildman–Crippen MR) is 96.1 cm³/mol. The predicted octanol–water partition coefficient (Wildman–Crippen LogP) is 3.47. The van der Waals surface area contributed by atoms with Gasteiger partial charge in [0.2, 0.25) is 0 Å². The summed E-state index contributed by atoms with van der Waals surface area (Å²) in [6.45, 7) is -0.196. The van der Waals surface area contributed by atoms with Crippen LogP contribution in [-0.4, -0.2) is 28.6 Å². The van der Waals surface area contributed by atoms with E-state index < -0.39 is 5.97 Å². The Bertz CT molecular complexity index is 940. The maximum Gasteiger partial charge on any atom is 0.303 e. The van der Waals surface area contributed by atoms with Crippen LogP contribution in [0.25, 0.3) is 10.2 Å². The van der Waals surface area contributed by atoms with Crippen LogP contribution in [0.2, 0.25) is 0 Å². The first-order valence-corrected chi connectivity index (χ1v) is 8.61. The summed E-state index contributed by atoms with van der Waals surface area (Å²) in [5, 5.41) is 11.7. The Morgan fingerprint density at radius 3 is 2.69 bits per heavy atom. The molecule has 1 aromatic heterocycles. The minimum Gasteiger partial charge on any atom is -0.484 e. The van der Waals surface area contributed by atoms with E-state index in [0.29, 0.717) is 27.5 Å². The van der Waals surface area contributed by atoms with Crippen LogP contribution >= 0.6 is 11.3 Å². The number of rotatable bonds is 7. The zero-order valence-corrected chi connectivity index (χ0v) is 14.4. The quantitative estimate of drug-likeness (QED) is 0.661. The highest BCUT2D eigenvalue weighted by Crippen LogP contribution is 2.26. The number of carboxylic acid groups (broad SMARTS) is 1. The summed E-state index contributed by atoms with van der Waals surface area (Å²) in [5.41, 5.74) is 1.50. The first-order chi connectivity index (χ1) is 12.5. The third-order valence-electron chi connectivity index (χ3n) is 3.52. The molecule has 0 saturated carbocycles. The van der Waals surface area contributed by atoms with Crippen molar-refractivity contribution in [2.45, 2.75) is 12.8 Å². The zero-order valence-electron chi connectivity index (χ0n) is 13.6. The topological polar surface area (TPSA) is 88.5 Å². The van der Waals surface area contributed by atoms with Gasteiger partial charge in [-0.3, -0.25) is 14.9 Å². The van der Waals surface area contributed by atoms with Gasteiger partial charge in [0.05, 0.1) is 10.2 Å². The molecule has 0 spiro atoms. The highest BCUT2D eigenvalue weighted by atomic mass is 32.1. The van der Waals surface area contributed by atoms with E-state index in [1.54, 1.807) is 30.3 Å². The molecule has 0 aliphatic rings. The third-order valence-corrected chi connectivity index (χ3v) is 4.45. The molecule has 3 rings (SSSR count). The van der Waals surface area contributed by atoms with Crippen LogP contribution in [0.3, 0.4) is 0 Å². The molecular weight excluding hydrogens is 359 g/mol. The van der Waals surface area contributed by atoms with Gasteiger partial charge >= 0.3 is 5.97 Å². The molecule has 2 aromatic carbocycles. The van der Waals surface area contributed by atoms with Crippen molar-refractivity contribution in [1.82, 2.24) is 4.98 Å². The van der Waals surface area contributed by atoms with E-state index in [0.717, 1.165) is 5.56 Å². The molecule has 1 amide bonds. The molecule has 0 saturated heterocycles. The van der Waals surface area contributed by atoms with Crippen LogP contribution in [0, 0.1) is 5.82 Å². The lowest BCUT2D eigenvalue weighted by atomic mass is 10.1. The van der Waals surface area contributed by atoms with E-state index in [1.807, 2.05) is 0 Å². The Morgan fingerprint density at radius 2 is 1.96 bits per heavy atom. The van der Waals surface area contributed by atoms with E-state index >= 15 is 0 Å². The molecule has 0 bridgehead atoms. The van der Waals surface area contributed by atoms with Crippen LogP contribution in [0.15, 0.2) is 42.5 Å². The second kappa shape index (κ2) is 7.92. The first-order valence-electron chi connectivity index (χ1n) is 7.79. The van der Waals surface area contributed by atoms with Crippen molar-refractivity contribution in [3.05, 3.63) is 53.8 Å². The summed E-state index contributed by atoms with van der Waals surface area (Å²) < 4.78 is 19.2. The average Bonchev–Trinajstić information content (AvgIpc) is 3.00. The van der Waals surface area contributed by atoms with E-state index in [9.17, 15) is 14.0 Å². The molecule has 3 aromatic rings. The van der Waals surface area contributed by atoms with Gasteiger partial charge in [-0.1, -0.05) is 23.5 Å². The summed E-state index contributed by atoms with van der Waals surface area (Å²) in [5.74, 6) is -1.07. The summed E-state index contributed by atoms with van der Waals surface area (Å²) in [6.07, 6.45) is 0.503. The number of hydrogen-bond acceptors (Lipinski definition) is 5. The number of carbonyl (C=O) groups is 2. The number of hydrogen-bond donors (Lipinski definition) is 2. The second-order valence-corrected chi connectivity index (χ2v) is 6.54. The largest absolute Gasteiger partial charge is 0.484 e. The Balaban J connectivity index is 1.52. The van der Waals surface area contributed by atoms with Crippen LogP contribution in [-0.2, 0) is 16.0 Å². The Hall–Kier alpha value is -3.00. The second-order valence-electron chi connectivity index (χ2n) is 5.51. The van der Waals surface area contributed by atoms with Crippen molar-refractivity contribution in [2.75, 3.05) is 11.9 Å². The van der Waals surface area contributed by atoms with Crippen molar-refractivity contribution >= 4 is 38.6 Å². The van der Waals surface area contributed by atoms with Gasteiger partial charge in [0, 0.05) is 6.42 Å². The van der Waals surface area contributed by atoms with Crippen molar-refractivity contribution < 1.29 is 23.8 Å². The van der Waals surface area contributed by atoms with Crippen LogP contribution in [0.1, 0.15) is 12.0 Å². The zero-order chi connectivity index (χ0) is 18.5. The van der Waals surface area contributed by atoms with Crippen molar-refractivity contribution in [3.63, 3.8) is 0 Å². The number of nitrogens with one attached hydrogen (secondary N) is 1. The van der Waals surface area contributed by atoms with E-state index in [2.05, 4.69) is 10.3 Å². The van der Waals surface area contributed by atoms with Crippen molar-refractivity contribution in [3.8, 4) is 5.75 Å². The molecule has 0 radical (unpaired) electrons. The van der Waals surface area contributed by atoms with E-state index in [4.69, 9.17) is 9.84 Å². The number of carbonyl (C=O) groups excluding carboxylic acids is 1. The maximum absolute atomic E-state index is 13.2. The van der Waals surface area contributed by atoms with E-state index in [-0.39, 0.29) is 24.8 Å². The van der Waals surface area contributed by atoms with Gasteiger partial charge in [-0.2, -0.15) is 0 Å².